The van der Waals surface area contributed by atoms with Gasteiger partial charge >= 0.3 is 0 Å². The van der Waals surface area contributed by atoms with E-state index in [0.717, 1.165) is 6.54 Å². The van der Waals surface area contributed by atoms with E-state index in [1.807, 2.05) is 19.0 Å². The Morgan fingerprint density at radius 3 is 2.62 bits per heavy atom. The van der Waals surface area contributed by atoms with Gasteiger partial charge in [-0.25, -0.2) is 0 Å². The first kappa shape index (κ1) is 15.3. The van der Waals surface area contributed by atoms with Crippen LogP contribution in [-0.2, 0) is 14.3 Å². The van der Waals surface area contributed by atoms with E-state index in [2.05, 4.69) is 5.32 Å². The molecule has 0 radical (unpaired) electrons. The van der Waals surface area contributed by atoms with Gasteiger partial charge in [-0.1, -0.05) is 0 Å². The molecule has 6 heteroatoms. The number of carbonyl (C=O) groups is 1. The SMILES string of the molecule is COC(CN)C(=O)NCCOCCN(C)C. The smallest absolute Gasteiger partial charge is 0.250 e. The number of hydrogen-bond donors (Lipinski definition) is 2. The fourth-order valence-corrected chi connectivity index (χ4v) is 1.02. The van der Waals surface area contributed by atoms with Gasteiger partial charge in [0.1, 0.15) is 6.10 Å². The van der Waals surface area contributed by atoms with Crippen LogP contribution in [0.3, 0.4) is 0 Å². The zero-order valence-corrected chi connectivity index (χ0v) is 10.4. The molecule has 6 nitrogen and oxygen atoms in total. The fourth-order valence-electron chi connectivity index (χ4n) is 1.02. The average Bonchev–Trinajstić information content (AvgIpc) is 2.24. The third-order valence-corrected chi connectivity index (χ3v) is 2.02. The number of carbonyl (C=O) groups excluding carboxylic acids is 1. The molecule has 0 saturated carbocycles. The first-order valence-electron chi connectivity index (χ1n) is 5.34. The highest BCUT2D eigenvalue weighted by Gasteiger charge is 2.14. The molecule has 0 aliphatic heterocycles. The molecule has 0 aromatic heterocycles. The summed E-state index contributed by atoms with van der Waals surface area (Å²) in [6, 6.07) is 0. The fraction of sp³-hybridized carbons (Fsp3) is 0.900. The van der Waals surface area contributed by atoms with Gasteiger partial charge in [-0.3, -0.25) is 4.79 Å². The minimum Gasteiger partial charge on any atom is -0.378 e. The lowest BCUT2D eigenvalue weighted by molar-refractivity contribution is -0.130. The van der Waals surface area contributed by atoms with E-state index in [1.54, 1.807) is 0 Å². The lowest BCUT2D eigenvalue weighted by Gasteiger charge is -2.13. The molecule has 1 atom stereocenters. The van der Waals surface area contributed by atoms with Gasteiger partial charge in [-0.05, 0) is 14.1 Å². The van der Waals surface area contributed by atoms with Crippen LogP contribution in [0.5, 0.6) is 0 Å². The van der Waals surface area contributed by atoms with Crippen molar-refractivity contribution in [2.24, 2.45) is 5.73 Å². The lowest BCUT2D eigenvalue weighted by atomic mass is 10.3. The van der Waals surface area contributed by atoms with Crippen molar-refractivity contribution in [3.8, 4) is 0 Å². The van der Waals surface area contributed by atoms with Gasteiger partial charge in [0.25, 0.3) is 5.91 Å². The quantitative estimate of drug-likeness (QED) is 0.482. The highest BCUT2D eigenvalue weighted by Crippen LogP contribution is 1.86. The van der Waals surface area contributed by atoms with Crippen LogP contribution in [0.2, 0.25) is 0 Å². The molecule has 1 amide bonds. The van der Waals surface area contributed by atoms with Gasteiger partial charge in [0.15, 0.2) is 0 Å². The molecule has 16 heavy (non-hydrogen) atoms. The number of nitrogens with two attached hydrogens (primary N) is 1. The van der Waals surface area contributed by atoms with Crippen LogP contribution in [0.1, 0.15) is 0 Å². The number of nitrogens with one attached hydrogen (secondary N) is 1. The summed E-state index contributed by atoms with van der Waals surface area (Å²) < 4.78 is 10.2. The predicted molar refractivity (Wildman–Crippen MR) is 62.2 cm³/mol. The number of methoxy groups -OCH3 is 1. The lowest BCUT2D eigenvalue weighted by Crippen LogP contribution is -2.41. The molecule has 0 spiro atoms. The second-order valence-electron chi connectivity index (χ2n) is 3.67. The van der Waals surface area contributed by atoms with Crippen molar-refractivity contribution < 1.29 is 14.3 Å². The van der Waals surface area contributed by atoms with Gasteiger partial charge in [-0.15, -0.1) is 0 Å². The molecule has 0 aliphatic rings. The zero-order valence-electron chi connectivity index (χ0n) is 10.4. The Labute approximate surface area is 97.1 Å². The summed E-state index contributed by atoms with van der Waals surface area (Å²) in [5, 5.41) is 2.69. The summed E-state index contributed by atoms with van der Waals surface area (Å²) in [4.78, 5) is 13.4. The summed E-state index contributed by atoms with van der Waals surface area (Å²) in [5.41, 5.74) is 5.35. The molecule has 0 fully saturated rings. The van der Waals surface area contributed by atoms with E-state index < -0.39 is 6.10 Å². The zero-order chi connectivity index (χ0) is 12.4. The van der Waals surface area contributed by atoms with Crippen molar-refractivity contribution >= 4 is 5.91 Å². The van der Waals surface area contributed by atoms with E-state index >= 15 is 0 Å². The second-order valence-corrected chi connectivity index (χ2v) is 3.67. The Morgan fingerprint density at radius 1 is 1.44 bits per heavy atom. The Kier molecular flexibility index (Phi) is 9.12. The van der Waals surface area contributed by atoms with Gasteiger partial charge in [0.2, 0.25) is 0 Å². The number of ether oxygens (including phenoxy) is 2. The van der Waals surface area contributed by atoms with Gasteiger partial charge in [-0.2, -0.15) is 0 Å². The molecule has 3 N–H and O–H groups in total. The first-order valence-corrected chi connectivity index (χ1v) is 5.34. The standard InChI is InChI=1S/C10H23N3O3/c1-13(2)5-7-16-6-4-12-10(14)9(8-11)15-3/h9H,4-8,11H2,1-3H3,(H,12,14). The monoisotopic (exact) mass is 233 g/mol. The van der Waals surface area contributed by atoms with Crippen molar-refractivity contribution in [2.75, 3.05) is 54.1 Å². The van der Waals surface area contributed by atoms with E-state index in [-0.39, 0.29) is 12.5 Å². The van der Waals surface area contributed by atoms with E-state index in [9.17, 15) is 4.79 Å². The van der Waals surface area contributed by atoms with E-state index in [0.29, 0.717) is 19.8 Å². The van der Waals surface area contributed by atoms with Gasteiger partial charge < -0.3 is 25.4 Å². The predicted octanol–water partition coefficient (Wildman–Crippen LogP) is -1.35. The van der Waals surface area contributed by atoms with Gasteiger partial charge in [0.05, 0.1) is 13.2 Å². The normalized spacial score (nSPS) is 12.8. The third-order valence-electron chi connectivity index (χ3n) is 2.02. The number of hydrogen-bond acceptors (Lipinski definition) is 5. The average molecular weight is 233 g/mol. The Balaban J connectivity index is 3.40. The van der Waals surface area contributed by atoms with Crippen molar-refractivity contribution in [1.82, 2.24) is 10.2 Å². The van der Waals surface area contributed by atoms with Gasteiger partial charge in [0, 0.05) is 26.7 Å². The highest BCUT2D eigenvalue weighted by atomic mass is 16.5. The summed E-state index contributed by atoms with van der Waals surface area (Å²) in [7, 11) is 5.43. The molecule has 0 saturated heterocycles. The van der Waals surface area contributed by atoms with Crippen molar-refractivity contribution in [3.05, 3.63) is 0 Å². The van der Waals surface area contributed by atoms with Crippen molar-refractivity contribution in [3.63, 3.8) is 0 Å². The Morgan fingerprint density at radius 2 is 2.12 bits per heavy atom. The molecule has 0 aromatic carbocycles. The van der Waals surface area contributed by atoms with Crippen LogP contribution >= 0.6 is 0 Å². The largest absolute Gasteiger partial charge is 0.378 e. The van der Waals surface area contributed by atoms with Crippen LogP contribution in [0.15, 0.2) is 0 Å². The number of amides is 1. The Hall–Kier alpha value is -0.690. The number of rotatable bonds is 9. The van der Waals surface area contributed by atoms with E-state index in [1.165, 1.54) is 7.11 Å². The van der Waals surface area contributed by atoms with Crippen LogP contribution < -0.4 is 11.1 Å². The molecule has 0 aliphatic carbocycles. The minimum atomic E-state index is -0.568. The summed E-state index contributed by atoms with van der Waals surface area (Å²) in [6.45, 7) is 2.70. The molecule has 0 bridgehead atoms. The molecule has 0 heterocycles. The summed E-state index contributed by atoms with van der Waals surface area (Å²) in [5.74, 6) is -0.193. The molecule has 96 valence electrons. The van der Waals surface area contributed by atoms with E-state index in [4.69, 9.17) is 15.2 Å². The molecule has 0 aromatic rings. The maximum absolute atomic E-state index is 11.4. The second kappa shape index (κ2) is 9.53. The highest BCUT2D eigenvalue weighted by molar-refractivity contribution is 5.80. The number of likely N-dealkylation sites (N-methyl/N-ethyl adjacent to an activating group) is 1. The molecular weight excluding hydrogens is 210 g/mol. The van der Waals surface area contributed by atoms with Crippen LogP contribution in [0.25, 0.3) is 0 Å². The Bertz CT molecular complexity index is 184. The summed E-state index contributed by atoms with van der Waals surface area (Å²) >= 11 is 0. The van der Waals surface area contributed by atoms with Crippen LogP contribution in [0.4, 0.5) is 0 Å². The molecular formula is C10H23N3O3. The van der Waals surface area contributed by atoms with Crippen molar-refractivity contribution in [2.45, 2.75) is 6.10 Å². The maximum atomic E-state index is 11.4. The van der Waals surface area contributed by atoms with Crippen LogP contribution in [0, 0.1) is 0 Å². The first-order chi connectivity index (χ1) is 7.61. The summed E-state index contributed by atoms with van der Waals surface area (Å²) in [6.07, 6.45) is -0.568. The van der Waals surface area contributed by atoms with Crippen molar-refractivity contribution in [1.29, 1.82) is 0 Å². The third kappa shape index (κ3) is 7.58. The van der Waals surface area contributed by atoms with Crippen LogP contribution in [-0.4, -0.2) is 71.0 Å². The number of nitrogens with zero attached hydrogens (tertiary/aromatic N) is 1. The maximum Gasteiger partial charge on any atom is 0.250 e. The topological polar surface area (TPSA) is 76.8 Å². The molecule has 1 unspecified atom stereocenters. The molecule has 0 rings (SSSR count). The minimum absolute atomic E-state index is 0.184.